The summed E-state index contributed by atoms with van der Waals surface area (Å²) in [7, 11) is 0. The van der Waals surface area contributed by atoms with Crippen LogP contribution in [0.5, 0.6) is 0 Å². The van der Waals surface area contributed by atoms with Crippen molar-refractivity contribution < 1.29 is 4.79 Å². The molecule has 8 heteroatoms. The van der Waals surface area contributed by atoms with Gasteiger partial charge in [0.2, 0.25) is 5.91 Å². The Balaban J connectivity index is 1.25. The van der Waals surface area contributed by atoms with Crippen LogP contribution in [0.1, 0.15) is 10.4 Å². The molecule has 3 aromatic rings. The van der Waals surface area contributed by atoms with E-state index in [1.165, 1.54) is 10.4 Å². The van der Waals surface area contributed by atoms with Crippen LogP contribution in [0.4, 0.5) is 5.82 Å². The first kappa shape index (κ1) is 13.9. The lowest BCUT2D eigenvalue weighted by atomic mass is 9.97. The van der Waals surface area contributed by atoms with E-state index in [4.69, 9.17) is 0 Å². The van der Waals surface area contributed by atoms with Crippen molar-refractivity contribution in [1.82, 2.24) is 24.7 Å². The standard InChI is InChI=1S/C16H16N6OS/c23-16(20-5-3-13-11(7-20)4-6-24-13)12-8-21(9-12)15-2-1-14-18-17-10-22(14)19-15/h1-2,4,6,10,12H,3,5,7-9H2. The van der Waals surface area contributed by atoms with E-state index < -0.39 is 0 Å². The van der Waals surface area contributed by atoms with Crippen LogP contribution in [0.2, 0.25) is 0 Å². The summed E-state index contributed by atoms with van der Waals surface area (Å²) in [4.78, 5) is 18.3. The number of aromatic nitrogens is 4. The molecule has 5 heterocycles. The highest BCUT2D eigenvalue weighted by Crippen LogP contribution is 2.28. The SMILES string of the molecule is O=C(C1CN(c2ccc3nncn3n2)C1)N1CCc2sccc2C1. The Morgan fingerprint density at radius 2 is 2.17 bits per heavy atom. The molecule has 0 aromatic carbocycles. The number of hydrogen-bond acceptors (Lipinski definition) is 6. The van der Waals surface area contributed by atoms with E-state index in [9.17, 15) is 4.79 Å². The van der Waals surface area contributed by atoms with Gasteiger partial charge >= 0.3 is 0 Å². The van der Waals surface area contributed by atoms with Gasteiger partial charge in [0.25, 0.3) is 0 Å². The molecule has 0 bridgehead atoms. The Bertz CT molecular complexity index is 912. The molecule has 2 aliphatic rings. The summed E-state index contributed by atoms with van der Waals surface area (Å²) in [5.41, 5.74) is 2.04. The second-order valence-electron chi connectivity index (χ2n) is 6.31. The minimum atomic E-state index is 0.0728. The summed E-state index contributed by atoms with van der Waals surface area (Å²) in [6.07, 6.45) is 2.58. The lowest BCUT2D eigenvalue weighted by Gasteiger charge is -2.41. The largest absolute Gasteiger partial charge is 0.353 e. The highest BCUT2D eigenvalue weighted by atomic mass is 32.1. The molecule has 0 N–H and O–H groups in total. The number of anilines is 1. The zero-order valence-electron chi connectivity index (χ0n) is 13.0. The van der Waals surface area contributed by atoms with Gasteiger partial charge in [0, 0.05) is 31.1 Å². The summed E-state index contributed by atoms with van der Waals surface area (Å²) in [5, 5.41) is 14.4. The van der Waals surface area contributed by atoms with Gasteiger partial charge in [-0.1, -0.05) is 0 Å². The predicted molar refractivity (Wildman–Crippen MR) is 89.9 cm³/mol. The summed E-state index contributed by atoms with van der Waals surface area (Å²) < 4.78 is 1.66. The predicted octanol–water partition coefficient (Wildman–Crippen LogP) is 1.21. The molecular formula is C16H16N6OS. The highest BCUT2D eigenvalue weighted by Gasteiger charge is 2.37. The topological polar surface area (TPSA) is 66.6 Å². The third kappa shape index (κ3) is 2.17. The number of amides is 1. The lowest BCUT2D eigenvalue weighted by molar-refractivity contribution is -0.137. The van der Waals surface area contributed by atoms with Gasteiger partial charge in [0.05, 0.1) is 5.92 Å². The van der Waals surface area contributed by atoms with E-state index in [0.717, 1.165) is 44.1 Å². The molecule has 0 unspecified atom stereocenters. The van der Waals surface area contributed by atoms with Crippen LogP contribution in [-0.4, -0.2) is 50.3 Å². The Morgan fingerprint density at radius 3 is 3.08 bits per heavy atom. The quantitative estimate of drug-likeness (QED) is 0.701. The molecule has 3 aromatic heterocycles. The van der Waals surface area contributed by atoms with Gasteiger partial charge in [-0.2, -0.15) is 4.52 Å². The lowest BCUT2D eigenvalue weighted by Crippen LogP contribution is -2.55. The average molecular weight is 340 g/mol. The van der Waals surface area contributed by atoms with Crippen LogP contribution >= 0.6 is 11.3 Å². The Labute approximate surface area is 142 Å². The van der Waals surface area contributed by atoms with Crippen molar-refractivity contribution in [3.05, 3.63) is 40.3 Å². The summed E-state index contributed by atoms with van der Waals surface area (Å²) >= 11 is 1.80. The maximum atomic E-state index is 12.7. The van der Waals surface area contributed by atoms with Crippen LogP contribution in [0.3, 0.4) is 0 Å². The smallest absolute Gasteiger partial charge is 0.229 e. The highest BCUT2D eigenvalue weighted by molar-refractivity contribution is 7.10. The van der Waals surface area contributed by atoms with Crippen molar-refractivity contribution >= 4 is 28.7 Å². The van der Waals surface area contributed by atoms with E-state index in [1.807, 2.05) is 17.0 Å². The molecule has 0 atom stereocenters. The molecule has 1 amide bonds. The average Bonchev–Trinajstić information content (AvgIpc) is 3.21. The minimum absolute atomic E-state index is 0.0728. The maximum absolute atomic E-state index is 12.7. The molecule has 0 aliphatic carbocycles. The van der Waals surface area contributed by atoms with E-state index in [2.05, 4.69) is 31.6 Å². The molecule has 122 valence electrons. The van der Waals surface area contributed by atoms with Gasteiger partial charge < -0.3 is 9.80 Å². The number of hydrogen-bond donors (Lipinski definition) is 0. The van der Waals surface area contributed by atoms with E-state index in [1.54, 1.807) is 22.2 Å². The second-order valence-corrected chi connectivity index (χ2v) is 7.31. The second kappa shape index (κ2) is 5.27. The summed E-state index contributed by atoms with van der Waals surface area (Å²) in [6.45, 7) is 3.06. The number of thiophene rings is 1. The van der Waals surface area contributed by atoms with Crippen molar-refractivity contribution in [3.8, 4) is 0 Å². The number of rotatable bonds is 2. The van der Waals surface area contributed by atoms with Gasteiger partial charge in [-0.05, 0) is 35.6 Å². The normalized spacial score (nSPS) is 17.8. The molecule has 1 fully saturated rings. The minimum Gasteiger partial charge on any atom is -0.353 e. The number of fused-ring (bicyclic) bond motifs is 2. The van der Waals surface area contributed by atoms with Crippen LogP contribution in [-0.2, 0) is 17.8 Å². The monoisotopic (exact) mass is 340 g/mol. The number of carbonyl (C=O) groups excluding carboxylic acids is 1. The van der Waals surface area contributed by atoms with Crippen LogP contribution in [0.25, 0.3) is 5.65 Å². The van der Waals surface area contributed by atoms with Gasteiger partial charge in [-0.15, -0.1) is 26.6 Å². The fourth-order valence-corrected chi connectivity index (χ4v) is 4.29. The molecule has 0 radical (unpaired) electrons. The number of carbonyl (C=O) groups is 1. The van der Waals surface area contributed by atoms with Gasteiger partial charge in [-0.3, -0.25) is 4.79 Å². The van der Waals surface area contributed by atoms with Gasteiger partial charge in [0.1, 0.15) is 12.1 Å². The fourth-order valence-electron chi connectivity index (χ4n) is 3.40. The molecule has 0 saturated carbocycles. The fraction of sp³-hybridized carbons (Fsp3) is 0.375. The molecule has 24 heavy (non-hydrogen) atoms. The Kier molecular flexibility index (Phi) is 3.05. The molecule has 7 nitrogen and oxygen atoms in total. The Hall–Kier alpha value is -2.48. The maximum Gasteiger partial charge on any atom is 0.229 e. The third-order valence-corrected chi connectivity index (χ3v) is 5.84. The molecule has 0 spiro atoms. The summed E-state index contributed by atoms with van der Waals surface area (Å²) in [6, 6.07) is 5.97. The van der Waals surface area contributed by atoms with Crippen LogP contribution < -0.4 is 4.90 Å². The van der Waals surface area contributed by atoms with Crippen molar-refractivity contribution in [2.75, 3.05) is 24.5 Å². The first-order valence-electron chi connectivity index (χ1n) is 8.04. The van der Waals surface area contributed by atoms with Crippen molar-refractivity contribution in [3.63, 3.8) is 0 Å². The third-order valence-electron chi connectivity index (χ3n) is 4.82. The summed E-state index contributed by atoms with van der Waals surface area (Å²) in [5.74, 6) is 1.21. The van der Waals surface area contributed by atoms with Gasteiger partial charge in [-0.25, -0.2) is 0 Å². The molecular weight excluding hydrogens is 324 g/mol. The first-order chi connectivity index (χ1) is 11.8. The molecule has 1 saturated heterocycles. The van der Waals surface area contributed by atoms with Crippen LogP contribution in [0.15, 0.2) is 29.9 Å². The van der Waals surface area contributed by atoms with E-state index in [0.29, 0.717) is 0 Å². The zero-order chi connectivity index (χ0) is 16.1. The zero-order valence-corrected chi connectivity index (χ0v) is 13.8. The van der Waals surface area contributed by atoms with Crippen LogP contribution in [0, 0.1) is 5.92 Å². The van der Waals surface area contributed by atoms with Crippen molar-refractivity contribution in [2.45, 2.75) is 13.0 Å². The van der Waals surface area contributed by atoms with E-state index >= 15 is 0 Å². The van der Waals surface area contributed by atoms with Crippen molar-refractivity contribution in [1.29, 1.82) is 0 Å². The number of nitrogens with zero attached hydrogens (tertiary/aromatic N) is 6. The molecule has 5 rings (SSSR count). The van der Waals surface area contributed by atoms with Gasteiger partial charge in [0.15, 0.2) is 5.65 Å². The Morgan fingerprint density at radius 1 is 1.25 bits per heavy atom. The van der Waals surface area contributed by atoms with E-state index in [-0.39, 0.29) is 11.8 Å². The van der Waals surface area contributed by atoms with Crippen molar-refractivity contribution in [2.24, 2.45) is 5.92 Å². The first-order valence-corrected chi connectivity index (χ1v) is 8.92. The molecule has 2 aliphatic heterocycles.